The summed E-state index contributed by atoms with van der Waals surface area (Å²) in [4.78, 5) is 14.4. The fraction of sp³-hybridized carbons (Fsp3) is 0.250. The number of hydrogen-bond acceptors (Lipinski definition) is 3. The first-order chi connectivity index (χ1) is 12.0. The number of ether oxygens (including phenoxy) is 2. The molecule has 25 heavy (non-hydrogen) atoms. The number of amides is 1. The van der Waals surface area contributed by atoms with Crippen molar-refractivity contribution >= 4 is 5.91 Å². The Kier molecular flexibility index (Phi) is 6.57. The van der Waals surface area contributed by atoms with Crippen LogP contribution in [0.4, 0.5) is 4.39 Å². The first kappa shape index (κ1) is 18.5. The van der Waals surface area contributed by atoms with Gasteiger partial charge in [-0.2, -0.15) is 0 Å². The third kappa shape index (κ3) is 5.08. The van der Waals surface area contributed by atoms with Gasteiger partial charge in [-0.15, -0.1) is 6.58 Å². The summed E-state index contributed by atoms with van der Waals surface area (Å²) in [5.41, 5.74) is 0.834. The second-order valence-electron chi connectivity index (χ2n) is 5.54. The number of para-hydroxylation sites is 2. The predicted molar refractivity (Wildman–Crippen MR) is 95.1 cm³/mol. The van der Waals surface area contributed by atoms with Gasteiger partial charge in [0.2, 0.25) is 0 Å². The highest BCUT2D eigenvalue weighted by atomic mass is 19.1. The standard InChI is InChI=1S/C20H22FNO3/c1-4-13-22(14-16-9-11-17(21)12-10-16)20(23)15(2)25-19-8-6-5-7-18(19)24-3/h4-12,15H,1,13-14H2,2-3H3. The van der Waals surface area contributed by atoms with Crippen molar-refractivity contribution in [3.8, 4) is 11.5 Å². The largest absolute Gasteiger partial charge is 0.493 e. The lowest BCUT2D eigenvalue weighted by Crippen LogP contribution is -2.40. The van der Waals surface area contributed by atoms with E-state index in [1.54, 1.807) is 49.3 Å². The van der Waals surface area contributed by atoms with Gasteiger partial charge in [-0.05, 0) is 36.8 Å². The van der Waals surface area contributed by atoms with Crippen LogP contribution in [0.25, 0.3) is 0 Å². The molecule has 0 N–H and O–H groups in total. The summed E-state index contributed by atoms with van der Waals surface area (Å²) in [6.07, 6.45) is 0.953. The maximum absolute atomic E-state index is 13.0. The van der Waals surface area contributed by atoms with Crippen LogP contribution in [0.1, 0.15) is 12.5 Å². The number of hydrogen-bond donors (Lipinski definition) is 0. The van der Waals surface area contributed by atoms with Gasteiger partial charge in [0.25, 0.3) is 5.91 Å². The molecule has 2 rings (SSSR count). The van der Waals surface area contributed by atoms with E-state index in [-0.39, 0.29) is 11.7 Å². The summed E-state index contributed by atoms with van der Waals surface area (Å²) in [6.45, 7) is 6.11. The summed E-state index contributed by atoms with van der Waals surface area (Å²) < 4.78 is 24.1. The number of nitrogens with zero attached hydrogens (tertiary/aromatic N) is 1. The van der Waals surface area contributed by atoms with Crippen molar-refractivity contribution in [1.29, 1.82) is 0 Å². The Morgan fingerprint density at radius 1 is 1.20 bits per heavy atom. The van der Waals surface area contributed by atoms with E-state index in [9.17, 15) is 9.18 Å². The van der Waals surface area contributed by atoms with Crippen LogP contribution in [0.2, 0.25) is 0 Å². The van der Waals surface area contributed by atoms with E-state index in [4.69, 9.17) is 9.47 Å². The number of carbonyl (C=O) groups excluding carboxylic acids is 1. The smallest absolute Gasteiger partial charge is 0.263 e. The Morgan fingerprint density at radius 3 is 2.44 bits per heavy atom. The Morgan fingerprint density at radius 2 is 1.84 bits per heavy atom. The first-order valence-corrected chi connectivity index (χ1v) is 7.99. The maximum atomic E-state index is 13.0. The van der Waals surface area contributed by atoms with Crippen LogP contribution < -0.4 is 9.47 Å². The van der Waals surface area contributed by atoms with E-state index in [1.165, 1.54) is 12.1 Å². The lowest BCUT2D eigenvalue weighted by Gasteiger charge is -2.25. The minimum absolute atomic E-state index is 0.185. The van der Waals surface area contributed by atoms with E-state index in [2.05, 4.69) is 6.58 Å². The molecular weight excluding hydrogens is 321 g/mol. The van der Waals surface area contributed by atoms with E-state index in [1.807, 2.05) is 12.1 Å². The van der Waals surface area contributed by atoms with Crippen molar-refractivity contribution in [2.45, 2.75) is 19.6 Å². The SMILES string of the molecule is C=CCN(Cc1ccc(F)cc1)C(=O)C(C)Oc1ccccc1OC. The molecule has 0 aliphatic heterocycles. The lowest BCUT2D eigenvalue weighted by molar-refractivity contribution is -0.138. The van der Waals surface area contributed by atoms with E-state index in [0.29, 0.717) is 24.6 Å². The quantitative estimate of drug-likeness (QED) is 0.684. The Bertz CT molecular complexity index is 715. The van der Waals surface area contributed by atoms with Gasteiger partial charge in [0.05, 0.1) is 7.11 Å². The van der Waals surface area contributed by atoms with Crippen molar-refractivity contribution in [1.82, 2.24) is 4.90 Å². The molecule has 1 unspecified atom stereocenters. The summed E-state index contributed by atoms with van der Waals surface area (Å²) in [5, 5.41) is 0. The van der Waals surface area contributed by atoms with Crippen molar-refractivity contribution in [2.24, 2.45) is 0 Å². The first-order valence-electron chi connectivity index (χ1n) is 7.99. The van der Waals surface area contributed by atoms with Crippen LogP contribution in [0.3, 0.4) is 0 Å². The van der Waals surface area contributed by atoms with Crippen molar-refractivity contribution in [3.05, 3.63) is 72.6 Å². The topological polar surface area (TPSA) is 38.8 Å². The molecule has 132 valence electrons. The molecule has 0 radical (unpaired) electrons. The Hall–Kier alpha value is -2.82. The number of benzene rings is 2. The van der Waals surface area contributed by atoms with Crippen molar-refractivity contribution in [2.75, 3.05) is 13.7 Å². The van der Waals surface area contributed by atoms with Crippen molar-refractivity contribution < 1.29 is 18.7 Å². The average molecular weight is 343 g/mol. The van der Waals surface area contributed by atoms with Gasteiger partial charge in [-0.25, -0.2) is 4.39 Å². The molecule has 2 aromatic carbocycles. The molecule has 0 aliphatic carbocycles. The molecule has 0 heterocycles. The molecule has 0 aliphatic rings. The van der Waals surface area contributed by atoms with Crippen molar-refractivity contribution in [3.63, 3.8) is 0 Å². The van der Waals surface area contributed by atoms with Gasteiger partial charge in [0.15, 0.2) is 17.6 Å². The number of carbonyl (C=O) groups is 1. The third-order valence-corrected chi connectivity index (χ3v) is 3.67. The molecule has 0 spiro atoms. The molecule has 2 aromatic rings. The molecular formula is C20H22FNO3. The molecule has 0 saturated carbocycles. The maximum Gasteiger partial charge on any atom is 0.263 e. The highest BCUT2D eigenvalue weighted by Crippen LogP contribution is 2.27. The Labute approximate surface area is 147 Å². The molecule has 0 fully saturated rings. The van der Waals surface area contributed by atoms with Crippen LogP contribution in [0.15, 0.2) is 61.2 Å². The van der Waals surface area contributed by atoms with E-state index >= 15 is 0 Å². The zero-order valence-corrected chi connectivity index (χ0v) is 14.4. The van der Waals surface area contributed by atoms with Gasteiger partial charge in [0.1, 0.15) is 5.82 Å². The predicted octanol–water partition coefficient (Wildman–Crippen LogP) is 3.82. The number of rotatable bonds is 8. The van der Waals surface area contributed by atoms with Crippen LogP contribution in [0, 0.1) is 5.82 Å². The third-order valence-electron chi connectivity index (χ3n) is 3.67. The molecule has 1 atom stereocenters. The zero-order valence-electron chi connectivity index (χ0n) is 14.4. The van der Waals surface area contributed by atoms with E-state index in [0.717, 1.165) is 5.56 Å². The fourth-order valence-corrected chi connectivity index (χ4v) is 2.41. The molecule has 0 saturated heterocycles. The second-order valence-corrected chi connectivity index (χ2v) is 5.54. The molecule has 5 heteroatoms. The lowest BCUT2D eigenvalue weighted by atomic mass is 10.2. The van der Waals surface area contributed by atoms with E-state index < -0.39 is 6.10 Å². The summed E-state index contributed by atoms with van der Waals surface area (Å²) in [6, 6.07) is 13.2. The van der Waals surface area contributed by atoms with Gasteiger partial charge < -0.3 is 14.4 Å². The van der Waals surface area contributed by atoms with Gasteiger partial charge in [0, 0.05) is 13.1 Å². The van der Waals surface area contributed by atoms with Gasteiger partial charge in [-0.1, -0.05) is 30.3 Å². The number of methoxy groups -OCH3 is 1. The van der Waals surface area contributed by atoms with Crippen LogP contribution in [-0.4, -0.2) is 30.6 Å². The highest BCUT2D eigenvalue weighted by molar-refractivity contribution is 5.81. The highest BCUT2D eigenvalue weighted by Gasteiger charge is 2.22. The van der Waals surface area contributed by atoms with Crippen LogP contribution >= 0.6 is 0 Å². The zero-order chi connectivity index (χ0) is 18.2. The summed E-state index contributed by atoms with van der Waals surface area (Å²) in [5.74, 6) is 0.579. The molecule has 4 nitrogen and oxygen atoms in total. The fourth-order valence-electron chi connectivity index (χ4n) is 2.41. The summed E-state index contributed by atoms with van der Waals surface area (Å²) >= 11 is 0. The van der Waals surface area contributed by atoms with Crippen LogP contribution in [-0.2, 0) is 11.3 Å². The number of halogens is 1. The van der Waals surface area contributed by atoms with Gasteiger partial charge in [-0.3, -0.25) is 4.79 Å². The van der Waals surface area contributed by atoms with Gasteiger partial charge >= 0.3 is 0 Å². The molecule has 0 bridgehead atoms. The molecule has 1 amide bonds. The normalized spacial score (nSPS) is 11.5. The second kappa shape index (κ2) is 8.87. The van der Waals surface area contributed by atoms with Crippen LogP contribution in [0.5, 0.6) is 11.5 Å². The minimum atomic E-state index is -0.698. The summed E-state index contributed by atoms with van der Waals surface area (Å²) in [7, 11) is 1.55. The minimum Gasteiger partial charge on any atom is -0.493 e. The Balaban J connectivity index is 2.10. The molecule has 0 aromatic heterocycles. The average Bonchev–Trinajstić information content (AvgIpc) is 2.63. The monoisotopic (exact) mass is 343 g/mol.